The van der Waals surface area contributed by atoms with E-state index < -0.39 is 11.1 Å². The summed E-state index contributed by atoms with van der Waals surface area (Å²) in [5.74, 6) is 1.05. The van der Waals surface area contributed by atoms with Gasteiger partial charge in [-0.05, 0) is 81.1 Å². The molecule has 2 N–H and O–H groups in total. The van der Waals surface area contributed by atoms with Crippen LogP contribution in [0, 0.1) is 0 Å². The number of pyridine rings is 2. The Hall–Kier alpha value is -4.67. The molecule has 272 valence electrons. The van der Waals surface area contributed by atoms with Crippen molar-refractivity contribution < 1.29 is 14.3 Å². The van der Waals surface area contributed by atoms with Crippen LogP contribution in [0.4, 0.5) is 15.3 Å². The molecule has 2 aromatic heterocycles. The second kappa shape index (κ2) is 14.8. The Morgan fingerprint density at radius 3 is 2.15 bits per heavy atom. The number of piperidine rings is 1. The number of carbonyl (C=O) groups is 2. The summed E-state index contributed by atoms with van der Waals surface area (Å²) in [5, 5.41) is 7.07. The largest absolute Gasteiger partial charge is 0.493 e. The number of hydrogen-bond donors (Lipinski definition) is 2. The zero-order chi connectivity index (χ0) is 37.3. The lowest BCUT2D eigenvalue weighted by Crippen LogP contribution is -2.59. The van der Waals surface area contributed by atoms with Gasteiger partial charge in [-0.2, -0.15) is 0 Å². The third kappa shape index (κ3) is 7.19. The van der Waals surface area contributed by atoms with E-state index >= 15 is 4.79 Å². The number of aromatic nitrogens is 2. The molecule has 0 radical (unpaired) electrons. The zero-order valence-corrected chi connectivity index (χ0v) is 31.9. The van der Waals surface area contributed by atoms with E-state index in [4.69, 9.17) is 37.9 Å². The molecule has 1 fully saturated rings. The number of nitrogens with zero attached hydrogens (tertiary/aromatic N) is 5. The van der Waals surface area contributed by atoms with Crippen LogP contribution in [-0.2, 0) is 16.5 Å². The summed E-state index contributed by atoms with van der Waals surface area (Å²) in [5.41, 5.74) is 1.53. The highest BCUT2D eigenvalue weighted by atomic mass is 35.5. The Bertz CT molecular complexity index is 1940. The van der Waals surface area contributed by atoms with Crippen molar-refractivity contribution in [1.82, 2.24) is 25.1 Å². The molecule has 1 saturated heterocycles. The van der Waals surface area contributed by atoms with Crippen molar-refractivity contribution in [2.75, 3.05) is 25.0 Å². The van der Waals surface area contributed by atoms with E-state index in [9.17, 15) is 4.79 Å². The smallest absolute Gasteiger partial charge is 0.326 e. The average Bonchev–Trinajstić information content (AvgIpc) is 3.36. The first-order valence-electron chi connectivity index (χ1n) is 17.6. The normalized spacial score (nSPS) is 20.7. The van der Waals surface area contributed by atoms with Gasteiger partial charge in [-0.25, -0.2) is 9.59 Å². The number of aliphatic imine (C=N–C) groups is 1. The van der Waals surface area contributed by atoms with Crippen LogP contribution in [0.3, 0.4) is 0 Å². The number of ether oxygens (including phenoxy) is 1. The average molecular weight is 743 g/mol. The molecular formula is C40H45Cl2N7O3. The Kier molecular flexibility index (Phi) is 10.5. The van der Waals surface area contributed by atoms with E-state index in [-0.39, 0.29) is 23.5 Å². The SMILES string of the molecule is CCOc1cc(C(C)(C)C)ncc1C1=N[C@@](C)(c2ccc(Cl)cc2)C(C)(c2ccc(Cl)cc2)N1C(=O)N1CCC(NC(=O)Nc2cccnc2)CC1. The van der Waals surface area contributed by atoms with E-state index in [0.717, 1.165) is 16.8 Å². The molecule has 0 saturated carbocycles. The number of nitrogens with one attached hydrogen (secondary N) is 2. The highest BCUT2D eigenvalue weighted by molar-refractivity contribution is 6.30. The van der Waals surface area contributed by atoms with Gasteiger partial charge in [0.1, 0.15) is 22.7 Å². The molecule has 0 bridgehead atoms. The lowest BCUT2D eigenvalue weighted by atomic mass is 9.71. The van der Waals surface area contributed by atoms with Crippen LogP contribution >= 0.6 is 23.2 Å². The quantitative estimate of drug-likeness (QED) is 0.197. The monoisotopic (exact) mass is 741 g/mol. The predicted octanol–water partition coefficient (Wildman–Crippen LogP) is 8.78. The molecule has 6 rings (SSSR count). The Labute approximate surface area is 315 Å². The summed E-state index contributed by atoms with van der Waals surface area (Å²) in [4.78, 5) is 46.1. The van der Waals surface area contributed by atoms with Crippen LogP contribution in [0.15, 0.2) is 90.3 Å². The topological polar surface area (TPSA) is 112 Å². The first-order chi connectivity index (χ1) is 24.7. The van der Waals surface area contributed by atoms with Crippen LogP contribution in [0.1, 0.15) is 76.8 Å². The van der Waals surface area contributed by atoms with Gasteiger partial charge in [-0.3, -0.25) is 19.9 Å². The van der Waals surface area contributed by atoms with Gasteiger partial charge in [0.2, 0.25) is 0 Å². The highest BCUT2D eigenvalue weighted by Gasteiger charge is 2.60. The molecule has 0 aliphatic carbocycles. The maximum atomic E-state index is 15.2. The minimum Gasteiger partial charge on any atom is -0.493 e. The van der Waals surface area contributed by atoms with E-state index in [1.807, 2.05) is 85.2 Å². The molecule has 12 heteroatoms. The molecule has 4 amide bonds. The molecule has 2 aromatic carbocycles. The number of amidine groups is 1. The summed E-state index contributed by atoms with van der Waals surface area (Å²) in [6.07, 6.45) is 6.17. The summed E-state index contributed by atoms with van der Waals surface area (Å²) in [6.45, 7) is 13.6. The van der Waals surface area contributed by atoms with Crippen LogP contribution in [0.25, 0.3) is 0 Å². The van der Waals surface area contributed by atoms with E-state index in [0.29, 0.717) is 65.4 Å². The van der Waals surface area contributed by atoms with Gasteiger partial charge < -0.3 is 20.3 Å². The van der Waals surface area contributed by atoms with Gasteiger partial charge in [0.25, 0.3) is 0 Å². The molecule has 1 unspecified atom stereocenters. The molecule has 10 nitrogen and oxygen atoms in total. The second-order valence-corrected chi connectivity index (χ2v) is 15.4. The van der Waals surface area contributed by atoms with Crippen molar-refractivity contribution in [3.8, 4) is 5.75 Å². The first-order valence-corrected chi connectivity index (χ1v) is 18.3. The van der Waals surface area contributed by atoms with Crippen molar-refractivity contribution in [2.24, 2.45) is 4.99 Å². The third-order valence-corrected chi connectivity index (χ3v) is 10.6. The number of rotatable bonds is 7. The van der Waals surface area contributed by atoms with Crippen molar-refractivity contribution in [1.29, 1.82) is 0 Å². The minimum absolute atomic E-state index is 0.117. The standard InChI is InChI=1S/C40H45Cl2N7O3/c1-7-52-33-23-34(38(2,3)4)44-25-32(33)35-47-39(5,26-10-14-28(41)15-11-26)40(6,27-12-16-29(42)17-13-27)49(35)37(51)48-21-18-30(19-22-48)45-36(50)46-31-9-8-20-43-24-31/h8-17,20,23-25,30H,7,18-19,21-22H2,1-6H3,(H2,45,46,50)/t39-,40?/m0/s1. The van der Waals surface area contributed by atoms with E-state index in [1.165, 1.54) is 0 Å². The third-order valence-electron chi connectivity index (χ3n) is 10.1. The number of halogens is 2. The molecular weight excluding hydrogens is 697 g/mol. The number of carbonyl (C=O) groups excluding carboxylic acids is 2. The molecule has 2 aliphatic heterocycles. The fourth-order valence-electron chi connectivity index (χ4n) is 7.00. The van der Waals surface area contributed by atoms with Crippen LogP contribution in [-0.4, -0.2) is 63.4 Å². The van der Waals surface area contributed by atoms with Crippen molar-refractivity contribution in [2.45, 2.75) is 76.9 Å². The van der Waals surface area contributed by atoms with Crippen LogP contribution in [0.2, 0.25) is 10.0 Å². The summed E-state index contributed by atoms with van der Waals surface area (Å²) >= 11 is 12.8. The summed E-state index contributed by atoms with van der Waals surface area (Å²) in [7, 11) is 0. The molecule has 2 aliphatic rings. The lowest BCUT2D eigenvalue weighted by molar-refractivity contribution is 0.0997. The van der Waals surface area contributed by atoms with E-state index in [1.54, 1.807) is 30.7 Å². The predicted molar refractivity (Wildman–Crippen MR) is 206 cm³/mol. The van der Waals surface area contributed by atoms with Crippen LogP contribution < -0.4 is 15.4 Å². The van der Waals surface area contributed by atoms with Gasteiger partial charge >= 0.3 is 12.1 Å². The lowest BCUT2D eigenvalue weighted by Gasteiger charge is -2.47. The number of urea groups is 2. The molecule has 0 spiro atoms. The molecule has 2 atom stereocenters. The van der Waals surface area contributed by atoms with Gasteiger partial charge in [0.15, 0.2) is 0 Å². The Morgan fingerprint density at radius 2 is 1.58 bits per heavy atom. The number of amides is 4. The molecule has 4 heterocycles. The second-order valence-electron chi connectivity index (χ2n) is 14.6. The van der Waals surface area contributed by atoms with Crippen molar-refractivity contribution in [3.63, 3.8) is 0 Å². The first kappa shape index (κ1) is 37.1. The van der Waals surface area contributed by atoms with Crippen molar-refractivity contribution in [3.05, 3.63) is 118 Å². The van der Waals surface area contributed by atoms with Crippen molar-refractivity contribution >= 4 is 46.8 Å². The Morgan fingerprint density at radius 1 is 0.942 bits per heavy atom. The molecule has 4 aromatic rings. The zero-order valence-electron chi connectivity index (χ0n) is 30.4. The number of hydrogen-bond acceptors (Lipinski definition) is 6. The maximum absolute atomic E-state index is 15.2. The van der Waals surface area contributed by atoms with Crippen LogP contribution in [0.5, 0.6) is 5.75 Å². The highest BCUT2D eigenvalue weighted by Crippen LogP contribution is 2.54. The maximum Gasteiger partial charge on any atom is 0.326 e. The summed E-state index contributed by atoms with van der Waals surface area (Å²) in [6, 6.07) is 20.1. The number of likely N-dealkylation sites (tertiary alicyclic amines) is 1. The summed E-state index contributed by atoms with van der Waals surface area (Å²) < 4.78 is 6.27. The number of benzene rings is 2. The van der Waals surface area contributed by atoms with Gasteiger partial charge in [0.05, 0.1) is 24.1 Å². The number of anilines is 1. The minimum atomic E-state index is -1.05. The van der Waals surface area contributed by atoms with Gasteiger partial charge in [-0.1, -0.05) is 68.2 Å². The van der Waals surface area contributed by atoms with Gasteiger partial charge in [-0.15, -0.1) is 0 Å². The van der Waals surface area contributed by atoms with Gasteiger partial charge in [0, 0.05) is 58.7 Å². The Balaban J connectivity index is 1.42. The fraction of sp³-hybridized carbons (Fsp3) is 0.375. The fourth-order valence-corrected chi connectivity index (χ4v) is 7.26. The van der Waals surface area contributed by atoms with E-state index in [2.05, 4.69) is 36.4 Å². The molecule has 52 heavy (non-hydrogen) atoms.